The van der Waals surface area contributed by atoms with Crippen LogP contribution in [0.5, 0.6) is 0 Å². The van der Waals surface area contributed by atoms with Crippen LogP contribution in [0.4, 0.5) is 0 Å². The fourth-order valence-corrected chi connectivity index (χ4v) is 4.23. The van der Waals surface area contributed by atoms with Gasteiger partial charge in [-0.2, -0.15) is 0 Å². The maximum atomic E-state index is 9.85. The molecule has 0 aromatic rings. The summed E-state index contributed by atoms with van der Waals surface area (Å²) < 4.78 is 0. The van der Waals surface area contributed by atoms with Crippen LogP contribution in [0.15, 0.2) is 24.8 Å². The third kappa shape index (κ3) is 3.95. The maximum Gasteiger partial charge on any atom is 0.0746 e. The second kappa shape index (κ2) is 7.28. The molecule has 2 saturated carbocycles. The molecule has 2 rings (SSSR count). The zero-order valence-electron chi connectivity index (χ0n) is 12.4. The van der Waals surface area contributed by atoms with Crippen molar-refractivity contribution in [2.24, 2.45) is 23.7 Å². The van der Waals surface area contributed by atoms with E-state index in [1.165, 1.54) is 51.4 Å². The van der Waals surface area contributed by atoms with Crippen molar-refractivity contribution in [2.45, 2.75) is 64.4 Å². The smallest absolute Gasteiger partial charge is 0.0746 e. The fourth-order valence-electron chi connectivity index (χ4n) is 4.23. The number of rotatable bonds is 4. The summed E-state index contributed by atoms with van der Waals surface area (Å²) in [6, 6.07) is 0. The van der Waals surface area contributed by atoms with E-state index in [2.05, 4.69) is 25.7 Å². The van der Waals surface area contributed by atoms with Crippen molar-refractivity contribution in [1.29, 1.82) is 0 Å². The van der Waals surface area contributed by atoms with Gasteiger partial charge in [-0.3, -0.25) is 0 Å². The molecular formula is C18H30O. The summed E-state index contributed by atoms with van der Waals surface area (Å²) >= 11 is 0. The summed E-state index contributed by atoms with van der Waals surface area (Å²) in [5.74, 6) is 3.22. The van der Waals surface area contributed by atoms with Gasteiger partial charge < -0.3 is 5.11 Å². The summed E-state index contributed by atoms with van der Waals surface area (Å²) in [4.78, 5) is 0. The van der Waals surface area contributed by atoms with Crippen molar-refractivity contribution in [3.8, 4) is 0 Å². The molecule has 0 heterocycles. The SMILES string of the molecule is C=CC(O)C1CCC(C2CCC(/C=C/C)CC2)CC1. The van der Waals surface area contributed by atoms with Crippen LogP contribution < -0.4 is 0 Å². The first-order chi connectivity index (χ1) is 9.24. The predicted molar refractivity (Wildman–Crippen MR) is 81.9 cm³/mol. The molecule has 2 fully saturated rings. The lowest BCUT2D eigenvalue weighted by atomic mass is 9.68. The Hall–Kier alpha value is -0.560. The Kier molecular flexibility index (Phi) is 5.69. The third-order valence-corrected chi connectivity index (χ3v) is 5.49. The van der Waals surface area contributed by atoms with Crippen LogP contribution in [-0.2, 0) is 0 Å². The molecule has 0 bridgehead atoms. The van der Waals surface area contributed by atoms with Gasteiger partial charge in [0.15, 0.2) is 0 Å². The van der Waals surface area contributed by atoms with E-state index in [1.54, 1.807) is 6.08 Å². The molecule has 0 radical (unpaired) electrons. The molecule has 0 aromatic carbocycles. The van der Waals surface area contributed by atoms with Gasteiger partial charge in [0, 0.05) is 0 Å². The standard InChI is InChI=1S/C18H30O/c1-3-5-14-6-8-15(9-7-14)16-10-12-17(13-11-16)18(19)4-2/h3-5,14-19H,2,6-13H2,1H3/b5-3+. The molecule has 19 heavy (non-hydrogen) atoms. The van der Waals surface area contributed by atoms with Crippen LogP contribution in [0.1, 0.15) is 58.3 Å². The van der Waals surface area contributed by atoms with E-state index in [9.17, 15) is 5.11 Å². The first-order valence-corrected chi connectivity index (χ1v) is 8.18. The van der Waals surface area contributed by atoms with Gasteiger partial charge >= 0.3 is 0 Å². The molecule has 1 heteroatoms. The summed E-state index contributed by atoms with van der Waals surface area (Å²) in [6.07, 6.45) is 16.7. The highest BCUT2D eigenvalue weighted by Crippen LogP contribution is 2.42. The van der Waals surface area contributed by atoms with Crippen LogP contribution in [0, 0.1) is 23.7 Å². The minimum absolute atomic E-state index is 0.272. The summed E-state index contributed by atoms with van der Waals surface area (Å²) in [7, 11) is 0. The number of aliphatic hydroxyl groups is 1. The van der Waals surface area contributed by atoms with Gasteiger partial charge in [0.25, 0.3) is 0 Å². The van der Waals surface area contributed by atoms with Gasteiger partial charge in [-0.05, 0) is 82.0 Å². The van der Waals surface area contributed by atoms with Crippen LogP contribution in [-0.4, -0.2) is 11.2 Å². The van der Waals surface area contributed by atoms with Crippen molar-refractivity contribution in [3.63, 3.8) is 0 Å². The van der Waals surface area contributed by atoms with Crippen molar-refractivity contribution < 1.29 is 5.11 Å². The molecule has 0 aromatic heterocycles. The van der Waals surface area contributed by atoms with Gasteiger partial charge in [-0.15, -0.1) is 6.58 Å². The van der Waals surface area contributed by atoms with E-state index in [0.717, 1.165) is 17.8 Å². The Balaban J connectivity index is 1.75. The topological polar surface area (TPSA) is 20.2 Å². The number of hydrogen-bond acceptors (Lipinski definition) is 1. The second-order valence-corrected chi connectivity index (χ2v) is 6.60. The zero-order chi connectivity index (χ0) is 13.7. The maximum absolute atomic E-state index is 9.85. The van der Waals surface area contributed by atoms with Crippen molar-refractivity contribution in [3.05, 3.63) is 24.8 Å². The van der Waals surface area contributed by atoms with E-state index >= 15 is 0 Å². The van der Waals surface area contributed by atoms with Gasteiger partial charge in [-0.1, -0.05) is 18.2 Å². The fraction of sp³-hybridized carbons (Fsp3) is 0.778. The van der Waals surface area contributed by atoms with Crippen LogP contribution in [0.3, 0.4) is 0 Å². The van der Waals surface area contributed by atoms with Crippen molar-refractivity contribution >= 4 is 0 Å². The van der Waals surface area contributed by atoms with E-state index in [1.807, 2.05) is 0 Å². The summed E-state index contributed by atoms with van der Waals surface area (Å²) in [5, 5.41) is 9.85. The molecule has 1 nitrogen and oxygen atoms in total. The zero-order valence-corrected chi connectivity index (χ0v) is 12.4. The predicted octanol–water partition coefficient (Wildman–Crippen LogP) is 4.72. The largest absolute Gasteiger partial charge is 0.389 e. The normalized spacial score (nSPS) is 38.2. The average Bonchev–Trinajstić information content (AvgIpc) is 2.48. The Morgan fingerprint density at radius 3 is 1.95 bits per heavy atom. The summed E-state index contributed by atoms with van der Waals surface area (Å²) in [6.45, 7) is 5.85. The number of hydrogen-bond donors (Lipinski definition) is 1. The van der Waals surface area contributed by atoms with Crippen LogP contribution in [0.2, 0.25) is 0 Å². The molecule has 2 aliphatic rings. The monoisotopic (exact) mass is 262 g/mol. The summed E-state index contributed by atoms with van der Waals surface area (Å²) in [5.41, 5.74) is 0. The van der Waals surface area contributed by atoms with Gasteiger partial charge in [-0.25, -0.2) is 0 Å². The lowest BCUT2D eigenvalue weighted by molar-refractivity contribution is 0.0865. The minimum Gasteiger partial charge on any atom is -0.389 e. The highest BCUT2D eigenvalue weighted by molar-refractivity contribution is 4.92. The van der Waals surface area contributed by atoms with E-state index in [-0.39, 0.29) is 6.10 Å². The highest BCUT2D eigenvalue weighted by atomic mass is 16.3. The van der Waals surface area contributed by atoms with Crippen molar-refractivity contribution in [2.75, 3.05) is 0 Å². The van der Waals surface area contributed by atoms with Crippen molar-refractivity contribution in [1.82, 2.24) is 0 Å². The van der Waals surface area contributed by atoms with Gasteiger partial charge in [0.2, 0.25) is 0 Å². The molecule has 2 aliphatic carbocycles. The second-order valence-electron chi connectivity index (χ2n) is 6.60. The molecule has 0 aliphatic heterocycles. The quantitative estimate of drug-likeness (QED) is 0.727. The van der Waals surface area contributed by atoms with Crippen LogP contribution in [0.25, 0.3) is 0 Å². The van der Waals surface area contributed by atoms with Crippen LogP contribution >= 0.6 is 0 Å². The molecule has 0 saturated heterocycles. The Bertz CT molecular complexity index is 291. The molecule has 1 atom stereocenters. The Morgan fingerprint density at radius 1 is 0.947 bits per heavy atom. The molecular weight excluding hydrogens is 232 g/mol. The van der Waals surface area contributed by atoms with E-state index in [0.29, 0.717) is 5.92 Å². The minimum atomic E-state index is -0.272. The molecule has 0 spiro atoms. The Morgan fingerprint density at radius 2 is 1.47 bits per heavy atom. The molecule has 108 valence electrons. The highest BCUT2D eigenvalue weighted by Gasteiger charge is 2.31. The Labute approximate surface area is 118 Å². The molecule has 1 unspecified atom stereocenters. The average molecular weight is 262 g/mol. The third-order valence-electron chi connectivity index (χ3n) is 5.49. The molecule has 1 N–H and O–H groups in total. The van der Waals surface area contributed by atoms with Gasteiger partial charge in [0.1, 0.15) is 0 Å². The lowest BCUT2D eigenvalue weighted by Crippen LogP contribution is -2.29. The van der Waals surface area contributed by atoms with E-state index in [4.69, 9.17) is 0 Å². The molecule has 0 amide bonds. The first kappa shape index (κ1) is 14.8. The number of aliphatic hydroxyl groups excluding tert-OH is 1. The van der Waals surface area contributed by atoms with E-state index < -0.39 is 0 Å². The number of allylic oxidation sites excluding steroid dienone is 2. The first-order valence-electron chi connectivity index (χ1n) is 8.18. The lowest BCUT2D eigenvalue weighted by Gasteiger charge is -2.38. The van der Waals surface area contributed by atoms with Gasteiger partial charge in [0.05, 0.1) is 6.10 Å².